The van der Waals surface area contributed by atoms with Gasteiger partial charge in [0.1, 0.15) is 0 Å². The van der Waals surface area contributed by atoms with E-state index in [0.29, 0.717) is 31.0 Å². The average molecular weight is 274 g/mol. The van der Waals surface area contributed by atoms with E-state index in [2.05, 4.69) is 20.4 Å². The average Bonchev–Trinajstić information content (AvgIpc) is 2.85. The summed E-state index contributed by atoms with van der Waals surface area (Å²) in [5.74, 6) is 1.22. The van der Waals surface area contributed by atoms with Gasteiger partial charge in [-0.2, -0.15) is 4.98 Å². The van der Waals surface area contributed by atoms with Gasteiger partial charge in [0.25, 0.3) is 0 Å². The number of hydrogen-bond donors (Lipinski definition) is 1. The Morgan fingerprint density at radius 1 is 1.40 bits per heavy atom. The Kier molecular flexibility index (Phi) is 4.81. The molecule has 0 aliphatic rings. The zero-order chi connectivity index (χ0) is 14.4. The highest BCUT2D eigenvalue weighted by atomic mass is 16.5. The van der Waals surface area contributed by atoms with E-state index in [1.165, 1.54) is 0 Å². The molecule has 1 atom stereocenters. The predicted octanol–water partition coefficient (Wildman–Crippen LogP) is 1.97. The lowest BCUT2D eigenvalue weighted by molar-refractivity contribution is -0.121. The summed E-state index contributed by atoms with van der Waals surface area (Å²) >= 11 is 0. The van der Waals surface area contributed by atoms with E-state index in [-0.39, 0.29) is 11.9 Å². The third kappa shape index (κ3) is 4.15. The van der Waals surface area contributed by atoms with E-state index < -0.39 is 0 Å². The first kappa shape index (κ1) is 14.2. The monoisotopic (exact) mass is 274 g/mol. The number of hydrogen-bond acceptors (Lipinski definition) is 5. The SMILES string of the molecule is Cc1noc(CCCC(=O)N[C@@H](C)c2ccncc2)n1. The van der Waals surface area contributed by atoms with E-state index in [4.69, 9.17) is 4.52 Å². The highest BCUT2D eigenvalue weighted by molar-refractivity contribution is 5.76. The van der Waals surface area contributed by atoms with Gasteiger partial charge in [0.15, 0.2) is 5.82 Å². The second kappa shape index (κ2) is 6.79. The molecule has 0 fully saturated rings. The number of aromatic nitrogens is 3. The highest BCUT2D eigenvalue weighted by Gasteiger charge is 2.10. The lowest BCUT2D eigenvalue weighted by atomic mass is 10.1. The van der Waals surface area contributed by atoms with Crippen LogP contribution in [0.15, 0.2) is 29.0 Å². The molecule has 20 heavy (non-hydrogen) atoms. The summed E-state index contributed by atoms with van der Waals surface area (Å²) in [6.07, 6.45) is 5.19. The van der Waals surface area contributed by atoms with Crippen molar-refractivity contribution >= 4 is 5.91 Å². The Morgan fingerprint density at radius 2 is 2.15 bits per heavy atom. The van der Waals surface area contributed by atoms with Crippen LogP contribution in [0.1, 0.15) is 43.1 Å². The molecule has 6 heteroatoms. The van der Waals surface area contributed by atoms with Crippen molar-refractivity contribution in [2.24, 2.45) is 0 Å². The quantitative estimate of drug-likeness (QED) is 0.871. The molecule has 0 aliphatic heterocycles. The first-order valence-electron chi connectivity index (χ1n) is 6.63. The summed E-state index contributed by atoms with van der Waals surface area (Å²) in [4.78, 5) is 19.9. The van der Waals surface area contributed by atoms with E-state index in [9.17, 15) is 4.79 Å². The van der Waals surface area contributed by atoms with Crippen LogP contribution >= 0.6 is 0 Å². The maximum absolute atomic E-state index is 11.8. The summed E-state index contributed by atoms with van der Waals surface area (Å²) in [5, 5.41) is 6.66. The molecule has 2 heterocycles. The molecule has 2 aromatic heterocycles. The molecular weight excluding hydrogens is 256 g/mol. The number of nitrogens with zero attached hydrogens (tertiary/aromatic N) is 3. The topological polar surface area (TPSA) is 80.9 Å². The molecule has 1 amide bonds. The van der Waals surface area contributed by atoms with Crippen LogP contribution in [0.25, 0.3) is 0 Å². The molecule has 2 aromatic rings. The van der Waals surface area contributed by atoms with E-state index in [1.807, 2.05) is 19.1 Å². The van der Waals surface area contributed by atoms with Gasteiger partial charge in [-0.1, -0.05) is 5.16 Å². The standard InChI is InChI=1S/C14H18N4O2/c1-10(12-6-8-15-9-7-12)16-13(19)4-3-5-14-17-11(2)18-20-14/h6-10H,3-5H2,1-2H3,(H,16,19)/t10-/m0/s1. The minimum atomic E-state index is -0.0175. The van der Waals surface area contributed by atoms with Crippen molar-refractivity contribution in [3.63, 3.8) is 0 Å². The molecule has 6 nitrogen and oxygen atoms in total. The summed E-state index contributed by atoms with van der Waals surface area (Å²) in [5.41, 5.74) is 1.04. The Labute approximate surface area is 117 Å². The zero-order valence-electron chi connectivity index (χ0n) is 11.7. The highest BCUT2D eigenvalue weighted by Crippen LogP contribution is 2.11. The Hall–Kier alpha value is -2.24. The van der Waals surface area contributed by atoms with Gasteiger partial charge >= 0.3 is 0 Å². The second-order valence-electron chi connectivity index (χ2n) is 4.66. The van der Waals surface area contributed by atoms with Crippen LogP contribution in [-0.2, 0) is 11.2 Å². The second-order valence-corrected chi connectivity index (χ2v) is 4.66. The molecule has 0 unspecified atom stereocenters. The number of amides is 1. The van der Waals surface area contributed by atoms with Crippen molar-refractivity contribution in [1.29, 1.82) is 0 Å². The van der Waals surface area contributed by atoms with Gasteiger partial charge in [-0.25, -0.2) is 0 Å². The van der Waals surface area contributed by atoms with Crippen molar-refractivity contribution in [2.45, 2.75) is 39.2 Å². The molecule has 0 spiro atoms. The fourth-order valence-electron chi connectivity index (χ4n) is 1.89. The van der Waals surface area contributed by atoms with Gasteiger partial charge in [0, 0.05) is 25.2 Å². The Morgan fingerprint density at radius 3 is 2.80 bits per heavy atom. The molecule has 0 radical (unpaired) electrons. The van der Waals surface area contributed by atoms with Crippen molar-refractivity contribution in [3.05, 3.63) is 41.8 Å². The molecular formula is C14H18N4O2. The maximum atomic E-state index is 11.8. The van der Waals surface area contributed by atoms with Crippen LogP contribution in [0.4, 0.5) is 0 Å². The van der Waals surface area contributed by atoms with Crippen molar-refractivity contribution in [2.75, 3.05) is 0 Å². The number of rotatable bonds is 6. The van der Waals surface area contributed by atoms with Crippen LogP contribution in [-0.4, -0.2) is 21.0 Å². The summed E-state index contributed by atoms with van der Waals surface area (Å²) in [6, 6.07) is 3.77. The smallest absolute Gasteiger partial charge is 0.226 e. The first-order valence-corrected chi connectivity index (χ1v) is 6.63. The molecule has 0 bridgehead atoms. The normalized spacial score (nSPS) is 12.1. The lowest BCUT2D eigenvalue weighted by Gasteiger charge is -2.13. The van der Waals surface area contributed by atoms with Gasteiger partial charge in [-0.3, -0.25) is 9.78 Å². The Balaban J connectivity index is 1.73. The van der Waals surface area contributed by atoms with Crippen molar-refractivity contribution in [3.8, 4) is 0 Å². The largest absolute Gasteiger partial charge is 0.350 e. The molecule has 106 valence electrons. The third-order valence-corrected chi connectivity index (χ3v) is 2.95. The van der Waals surface area contributed by atoms with Crippen LogP contribution < -0.4 is 5.32 Å². The minimum Gasteiger partial charge on any atom is -0.350 e. The lowest BCUT2D eigenvalue weighted by Crippen LogP contribution is -2.26. The van der Waals surface area contributed by atoms with Crippen LogP contribution in [0.3, 0.4) is 0 Å². The summed E-state index contributed by atoms with van der Waals surface area (Å²) in [6.45, 7) is 3.73. The molecule has 0 aromatic carbocycles. The van der Waals surface area contributed by atoms with Gasteiger partial charge in [0.05, 0.1) is 6.04 Å². The van der Waals surface area contributed by atoms with Gasteiger partial charge < -0.3 is 9.84 Å². The predicted molar refractivity (Wildman–Crippen MR) is 72.8 cm³/mol. The third-order valence-electron chi connectivity index (χ3n) is 2.95. The number of carbonyl (C=O) groups excluding carboxylic acids is 1. The fraction of sp³-hybridized carbons (Fsp3) is 0.429. The summed E-state index contributed by atoms with van der Waals surface area (Å²) in [7, 11) is 0. The summed E-state index contributed by atoms with van der Waals surface area (Å²) < 4.78 is 5.00. The van der Waals surface area contributed by atoms with E-state index in [1.54, 1.807) is 19.3 Å². The maximum Gasteiger partial charge on any atom is 0.226 e. The zero-order valence-corrected chi connectivity index (χ0v) is 11.7. The fourth-order valence-corrected chi connectivity index (χ4v) is 1.89. The first-order chi connectivity index (χ1) is 9.65. The van der Waals surface area contributed by atoms with Gasteiger partial charge in [-0.05, 0) is 38.0 Å². The van der Waals surface area contributed by atoms with Crippen LogP contribution in [0.2, 0.25) is 0 Å². The Bertz CT molecular complexity index is 553. The minimum absolute atomic E-state index is 0.0175. The molecule has 0 saturated heterocycles. The number of nitrogens with one attached hydrogen (secondary N) is 1. The van der Waals surface area contributed by atoms with Crippen LogP contribution in [0, 0.1) is 6.92 Å². The number of carbonyl (C=O) groups is 1. The van der Waals surface area contributed by atoms with E-state index >= 15 is 0 Å². The molecule has 0 saturated carbocycles. The van der Waals surface area contributed by atoms with Gasteiger partial charge in [-0.15, -0.1) is 0 Å². The number of aryl methyl sites for hydroxylation is 2. The van der Waals surface area contributed by atoms with Gasteiger partial charge in [0.2, 0.25) is 11.8 Å². The molecule has 1 N–H and O–H groups in total. The van der Waals surface area contributed by atoms with Crippen molar-refractivity contribution < 1.29 is 9.32 Å². The van der Waals surface area contributed by atoms with E-state index in [0.717, 1.165) is 5.56 Å². The number of pyridine rings is 1. The molecule has 0 aliphatic carbocycles. The molecule has 2 rings (SSSR count). The van der Waals surface area contributed by atoms with Crippen LogP contribution in [0.5, 0.6) is 0 Å². The van der Waals surface area contributed by atoms with Crippen molar-refractivity contribution in [1.82, 2.24) is 20.4 Å².